The monoisotopic (exact) mass is 530 g/mol. The molecule has 8 nitrogen and oxygen atoms in total. The highest BCUT2D eigenvalue weighted by Gasteiger charge is 2.62. The van der Waals surface area contributed by atoms with E-state index in [1.807, 2.05) is 18.0 Å². The van der Waals surface area contributed by atoms with E-state index in [0.717, 1.165) is 57.5 Å². The predicted molar refractivity (Wildman–Crippen MR) is 143 cm³/mol. The molecule has 2 fully saturated rings. The van der Waals surface area contributed by atoms with E-state index in [1.54, 1.807) is 0 Å². The Morgan fingerprint density at radius 1 is 1.22 bits per heavy atom. The van der Waals surface area contributed by atoms with E-state index in [4.69, 9.17) is 9.47 Å². The summed E-state index contributed by atoms with van der Waals surface area (Å²) < 4.78 is 12.4. The Balaban J connectivity index is 0.00000280. The zero-order chi connectivity index (χ0) is 24.9. The normalized spacial score (nSPS) is 30.4. The van der Waals surface area contributed by atoms with Crippen molar-refractivity contribution < 1.29 is 19.1 Å². The molecule has 2 amide bonds. The minimum Gasteiger partial charge on any atom is -0.485 e. The van der Waals surface area contributed by atoms with Gasteiger partial charge in [0.2, 0.25) is 5.91 Å². The molecule has 3 heterocycles. The van der Waals surface area contributed by atoms with E-state index >= 15 is 0 Å². The molecule has 1 spiro atoms. The molecule has 202 valence electrons. The first-order valence-corrected chi connectivity index (χ1v) is 13.7. The van der Waals surface area contributed by atoms with Crippen molar-refractivity contribution >= 4 is 24.4 Å². The number of piperidine rings is 2. The number of carbonyl (C=O) groups is 2. The molecule has 2 bridgehead atoms. The van der Waals surface area contributed by atoms with Crippen LogP contribution in [0.5, 0.6) is 11.5 Å². The lowest BCUT2D eigenvalue weighted by Crippen LogP contribution is -2.62. The lowest BCUT2D eigenvalue weighted by Gasteiger charge is -2.55. The average Bonchev–Trinajstić information content (AvgIpc) is 3.21. The van der Waals surface area contributed by atoms with E-state index in [2.05, 4.69) is 40.9 Å². The van der Waals surface area contributed by atoms with Crippen LogP contribution in [0.25, 0.3) is 0 Å². The maximum absolute atomic E-state index is 12.7. The number of benzene rings is 1. The topological polar surface area (TPSA) is 83.1 Å². The van der Waals surface area contributed by atoms with Crippen molar-refractivity contribution in [3.63, 3.8) is 0 Å². The molecule has 0 aromatic heterocycles. The standard InChI is InChI=1S/C28H38N4O4.ClH/c1-18(15-24(33)30-32-12-4-3-5-13-32)17-29-27(34)35-22-10-9-19-16-21-20-7-6-8-23-28(20,11-14-31(21)2)25(19)26(22)36-23;/h6-7,9-10,18,20-21,23H,3-5,8,11-17H2,1-2H3,(H,29,34)(H,30,33);1H/t18-,20?,21?,23-,28+;/m0./s1. The van der Waals surface area contributed by atoms with Crippen LogP contribution >= 0.6 is 12.4 Å². The summed E-state index contributed by atoms with van der Waals surface area (Å²) in [5.74, 6) is 1.70. The first-order valence-electron chi connectivity index (χ1n) is 13.7. The van der Waals surface area contributed by atoms with Gasteiger partial charge >= 0.3 is 6.09 Å². The highest BCUT2D eigenvalue weighted by molar-refractivity contribution is 5.85. The minimum absolute atomic E-state index is 0. The number of carbonyl (C=O) groups excluding carboxylic acids is 2. The smallest absolute Gasteiger partial charge is 0.412 e. The van der Waals surface area contributed by atoms with Gasteiger partial charge in [-0.25, -0.2) is 9.80 Å². The molecule has 1 aromatic carbocycles. The van der Waals surface area contributed by atoms with E-state index in [1.165, 1.54) is 17.5 Å². The summed E-state index contributed by atoms with van der Waals surface area (Å²) >= 11 is 0. The summed E-state index contributed by atoms with van der Waals surface area (Å²) in [7, 11) is 2.23. The molecular weight excluding hydrogens is 492 g/mol. The van der Waals surface area contributed by atoms with Crippen LogP contribution in [0.4, 0.5) is 4.79 Å². The largest absolute Gasteiger partial charge is 0.485 e. The summed E-state index contributed by atoms with van der Waals surface area (Å²) in [6.07, 6.45) is 11.0. The van der Waals surface area contributed by atoms with Crippen LogP contribution in [-0.4, -0.2) is 67.3 Å². The molecule has 9 heteroatoms. The van der Waals surface area contributed by atoms with Gasteiger partial charge in [0, 0.05) is 55.4 Å². The van der Waals surface area contributed by atoms with Crippen LogP contribution in [0.2, 0.25) is 0 Å². The van der Waals surface area contributed by atoms with Crippen molar-refractivity contribution in [3.8, 4) is 11.5 Å². The van der Waals surface area contributed by atoms with Crippen LogP contribution in [0, 0.1) is 11.8 Å². The fraction of sp³-hybridized carbons (Fsp3) is 0.643. The molecule has 5 aliphatic rings. The lowest BCUT2D eigenvalue weighted by atomic mass is 9.54. The van der Waals surface area contributed by atoms with Crippen molar-refractivity contribution in [2.24, 2.45) is 11.8 Å². The van der Waals surface area contributed by atoms with Crippen molar-refractivity contribution in [2.45, 2.75) is 69.4 Å². The second-order valence-electron chi connectivity index (χ2n) is 11.4. The quantitative estimate of drug-likeness (QED) is 0.547. The van der Waals surface area contributed by atoms with Gasteiger partial charge in [-0.3, -0.25) is 10.2 Å². The molecule has 5 atom stereocenters. The molecule has 6 rings (SSSR count). The predicted octanol–water partition coefficient (Wildman–Crippen LogP) is 3.58. The maximum Gasteiger partial charge on any atom is 0.412 e. The first-order chi connectivity index (χ1) is 17.5. The third kappa shape index (κ3) is 4.61. The number of hydrogen-bond donors (Lipinski definition) is 2. The highest BCUT2D eigenvalue weighted by atomic mass is 35.5. The van der Waals surface area contributed by atoms with Gasteiger partial charge < -0.3 is 19.7 Å². The van der Waals surface area contributed by atoms with Crippen molar-refractivity contribution in [1.82, 2.24) is 20.7 Å². The summed E-state index contributed by atoms with van der Waals surface area (Å²) in [6.45, 7) is 5.21. The number of likely N-dealkylation sites (tertiary alicyclic amines) is 1. The fourth-order valence-corrected chi connectivity index (χ4v) is 7.29. The van der Waals surface area contributed by atoms with Gasteiger partial charge in [0.05, 0.1) is 0 Å². The minimum atomic E-state index is -0.503. The molecule has 1 aromatic rings. The number of amides is 2. The molecule has 0 saturated carbocycles. The third-order valence-corrected chi connectivity index (χ3v) is 9.05. The second-order valence-corrected chi connectivity index (χ2v) is 11.4. The van der Waals surface area contributed by atoms with Crippen molar-refractivity contribution in [2.75, 3.05) is 33.2 Å². The number of nitrogens with zero attached hydrogens (tertiary/aromatic N) is 2. The van der Waals surface area contributed by atoms with Gasteiger partial charge in [-0.05, 0) is 56.8 Å². The number of ether oxygens (including phenoxy) is 2. The Morgan fingerprint density at radius 2 is 2.03 bits per heavy atom. The van der Waals surface area contributed by atoms with Gasteiger partial charge in [0.15, 0.2) is 11.5 Å². The molecular formula is C28H39ClN4O4. The van der Waals surface area contributed by atoms with E-state index < -0.39 is 6.09 Å². The Hall–Kier alpha value is -2.29. The zero-order valence-corrected chi connectivity index (χ0v) is 22.6. The summed E-state index contributed by atoms with van der Waals surface area (Å²) in [5, 5.41) is 4.85. The van der Waals surface area contributed by atoms with Gasteiger partial charge in [0.25, 0.3) is 0 Å². The summed E-state index contributed by atoms with van der Waals surface area (Å²) in [6, 6.07) is 4.51. The molecule has 2 saturated heterocycles. The average molecular weight is 531 g/mol. The third-order valence-electron chi connectivity index (χ3n) is 9.05. The van der Waals surface area contributed by atoms with E-state index in [0.29, 0.717) is 30.7 Å². The second kappa shape index (κ2) is 10.5. The Morgan fingerprint density at radius 3 is 2.84 bits per heavy atom. The van der Waals surface area contributed by atoms with Crippen LogP contribution in [-0.2, 0) is 16.6 Å². The van der Waals surface area contributed by atoms with Gasteiger partial charge in [-0.1, -0.05) is 31.6 Å². The number of nitrogens with one attached hydrogen (secondary N) is 2. The first kappa shape index (κ1) is 26.3. The van der Waals surface area contributed by atoms with Crippen LogP contribution in [0.3, 0.4) is 0 Å². The van der Waals surface area contributed by atoms with E-state index in [-0.39, 0.29) is 35.8 Å². The fourth-order valence-electron chi connectivity index (χ4n) is 7.29. The summed E-state index contributed by atoms with van der Waals surface area (Å²) in [5.41, 5.74) is 5.58. The molecule has 2 aliphatic carbocycles. The SMILES string of the molecule is C[C@H](CNC(=O)Oc1ccc2c3c1O[C@H]1CC=CC4C(C2)N(C)CC[C@@]341)CC(=O)NN1CCCCC1.Cl. The molecule has 2 N–H and O–H groups in total. The number of halogens is 1. The van der Waals surface area contributed by atoms with Crippen LogP contribution < -0.4 is 20.2 Å². The van der Waals surface area contributed by atoms with Gasteiger partial charge in [0.1, 0.15) is 6.10 Å². The van der Waals surface area contributed by atoms with Gasteiger partial charge in [-0.15, -0.1) is 12.4 Å². The Bertz CT molecular complexity index is 1070. The number of hydrazine groups is 1. The number of hydrogen-bond acceptors (Lipinski definition) is 6. The molecule has 0 radical (unpaired) electrons. The summed E-state index contributed by atoms with van der Waals surface area (Å²) in [4.78, 5) is 27.6. The Labute approximate surface area is 225 Å². The van der Waals surface area contributed by atoms with Crippen LogP contribution in [0.15, 0.2) is 24.3 Å². The molecule has 3 aliphatic heterocycles. The molecule has 2 unspecified atom stereocenters. The Kier molecular flexibility index (Phi) is 7.44. The zero-order valence-electron chi connectivity index (χ0n) is 21.8. The van der Waals surface area contributed by atoms with Crippen LogP contribution in [0.1, 0.15) is 56.6 Å². The molecule has 37 heavy (non-hydrogen) atoms. The van der Waals surface area contributed by atoms with Gasteiger partial charge in [-0.2, -0.15) is 0 Å². The lowest BCUT2D eigenvalue weighted by molar-refractivity contribution is -0.127. The highest BCUT2D eigenvalue weighted by Crippen LogP contribution is 2.62. The van der Waals surface area contributed by atoms with Crippen molar-refractivity contribution in [1.29, 1.82) is 0 Å². The number of rotatable bonds is 6. The van der Waals surface area contributed by atoms with E-state index in [9.17, 15) is 9.59 Å². The van der Waals surface area contributed by atoms with Crippen molar-refractivity contribution in [3.05, 3.63) is 35.4 Å². The maximum atomic E-state index is 12.7. The number of likely N-dealkylation sites (N-methyl/N-ethyl adjacent to an activating group) is 1.